The number of para-hydroxylation sites is 2. The number of ether oxygens (including phenoxy) is 1. The molecule has 24 heavy (non-hydrogen) atoms. The molecule has 1 aliphatic heterocycles. The highest BCUT2D eigenvalue weighted by molar-refractivity contribution is 7.89. The molecule has 1 atom stereocenters. The third kappa shape index (κ3) is 3.74. The van der Waals surface area contributed by atoms with Crippen LogP contribution in [0.25, 0.3) is 0 Å². The average Bonchev–Trinajstić information content (AvgIpc) is 2.92. The second-order valence-corrected chi connectivity index (χ2v) is 7.56. The highest BCUT2D eigenvalue weighted by atomic mass is 32.2. The number of sulfonamides is 1. The van der Waals surface area contributed by atoms with Gasteiger partial charge in [-0.05, 0) is 18.2 Å². The lowest BCUT2D eigenvalue weighted by Gasteiger charge is -2.18. The summed E-state index contributed by atoms with van der Waals surface area (Å²) in [5, 5.41) is 4.32. The van der Waals surface area contributed by atoms with Gasteiger partial charge < -0.3 is 9.64 Å². The molecule has 0 aliphatic carbocycles. The third-order valence-electron chi connectivity index (χ3n) is 3.95. The number of benzene rings is 2. The normalized spacial score (nSPS) is 18.0. The summed E-state index contributed by atoms with van der Waals surface area (Å²) < 4.78 is 28.8. The van der Waals surface area contributed by atoms with Crippen molar-refractivity contribution in [3.05, 3.63) is 60.2 Å². The van der Waals surface area contributed by atoms with Crippen LogP contribution in [0.3, 0.4) is 0 Å². The maximum atomic E-state index is 12.1. The van der Waals surface area contributed by atoms with E-state index in [-0.39, 0.29) is 25.4 Å². The van der Waals surface area contributed by atoms with E-state index >= 15 is 0 Å². The van der Waals surface area contributed by atoms with Crippen LogP contribution in [0.1, 0.15) is 12.0 Å². The second-order valence-electron chi connectivity index (χ2n) is 5.71. The Morgan fingerprint density at radius 2 is 1.75 bits per heavy atom. The second kappa shape index (κ2) is 6.62. The van der Waals surface area contributed by atoms with Gasteiger partial charge in [-0.25, -0.2) is 13.6 Å². The molecule has 1 amide bonds. The predicted molar refractivity (Wildman–Crippen MR) is 89.9 cm³/mol. The topological polar surface area (TPSA) is 89.7 Å². The molecule has 1 fully saturated rings. The van der Waals surface area contributed by atoms with Gasteiger partial charge in [0.1, 0.15) is 16.7 Å². The average molecular weight is 346 g/mol. The fraction of sp³-hybridized carbons (Fsp3) is 0.235. The standard InChI is InChI=1S/C17H18N2O4S/c18-24(21,22)15-10-17(20)19(12-15)11-13-6-4-5-9-16(13)23-14-7-2-1-3-8-14/h1-9,15H,10-12H2,(H2,18,21,22). The van der Waals surface area contributed by atoms with Crippen LogP contribution in [0.5, 0.6) is 11.5 Å². The molecule has 126 valence electrons. The minimum Gasteiger partial charge on any atom is -0.457 e. The summed E-state index contributed by atoms with van der Waals surface area (Å²) in [6.45, 7) is 0.394. The third-order valence-corrected chi connectivity index (χ3v) is 5.19. The Bertz CT molecular complexity index is 837. The lowest BCUT2D eigenvalue weighted by Crippen LogP contribution is -2.32. The van der Waals surface area contributed by atoms with Crippen LogP contribution in [0.4, 0.5) is 0 Å². The lowest BCUT2D eigenvalue weighted by molar-refractivity contribution is -0.128. The van der Waals surface area contributed by atoms with Gasteiger partial charge in [-0.3, -0.25) is 4.79 Å². The van der Waals surface area contributed by atoms with Crippen LogP contribution in [-0.4, -0.2) is 31.0 Å². The van der Waals surface area contributed by atoms with E-state index in [1.54, 1.807) is 0 Å². The SMILES string of the molecule is NS(=O)(=O)C1CC(=O)N(Cc2ccccc2Oc2ccccc2)C1. The summed E-state index contributed by atoms with van der Waals surface area (Å²) in [6.07, 6.45) is -0.0689. The fourth-order valence-electron chi connectivity index (χ4n) is 2.66. The van der Waals surface area contributed by atoms with Crippen LogP contribution in [-0.2, 0) is 21.4 Å². The largest absolute Gasteiger partial charge is 0.457 e. The molecule has 6 nitrogen and oxygen atoms in total. The van der Waals surface area contributed by atoms with Crippen LogP contribution < -0.4 is 9.88 Å². The summed E-state index contributed by atoms with van der Waals surface area (Å²) in [6, 6.07) is 16.7. The molecule has 2 aromatic rings. The van der Waals surface area contributed by atoms with Crippen molar-refractivity contribution in [2.75, 3.05) is 6.54 Å². The van der Waals surface area contributed by atoms with Gasteiger partial charge in [-0.1, -0.05) is 36.4 Å². The van der Waals surface area contributed by atoms with Crippen LogP contribution in [0.2, 0.25) is 0 Å². The Kier molecular flexibility index (Phi) is 4.55. The monoisotopic (exact) mass is 346 g/mol. The Morgan fingerprint density at radius 1 is 1.08 bits per heavy atom. The van der Waals surface area contributed by atoms with Gasteiger partial charge in [0.25, 0.3) is 0 Å². The molecule has 1 saturated heterocycles. The summed E-state index contributed by atoms with van der Waals surface area (Å²) in [7, 11) is -3.71. The number of likely N-dealkylation sites (tertiary alicyclic amines) is 1. The number of hydrogen-bond acceptors (Lipinski definition) is 4. The van der Waals surface area contributed by atoms with Gasteiger partial charge in [0.15, 0.2) is 0 Å². The minimum atomic E-state index is -3.71. The predicted octanol–water partition coefficient (Wildman–Crippen LogP) is 1.87. The van der Waals surface area contributed by atoms with Crippen LogP contribution >= 0.6 is 0 Å². The van der Waals surface area contributed by atoms with Crippen LogP contribution in [0.15, 0.2) is 54.6 Å². The van der Waals surface area contributed by atoms with Crippen molar-refractivity contribution < 1.29 is 17.9 Å². The number of hydrogen-bond donors (Lipinski definition) is 1. The Hall–Kier alpha value is -2.38. The maximum absolute atomic E-state index is 12.1. The smallest absolute Gasteiger partial charge is 0.224 e. The molecule has 0 bridgehead atoms. The quantitative estimate of drug-likeness (QED) is 0.895. The summed E-state index contributed by atoms with van der Waals surface area (Å²) in [5.74, 6) is 1.11. The van der Waals surface area contributed by atoms with Gasteiger partial charge in [0, 0.05) is 25.1 Å². The van der Waals surface area contributed by atoms with E-state index in [2.05, 4.69) is 0 Å². The Labute approximate surface area is 140 Å². The first-order chi connectivity index (χ1) is 11.4. The molecule has 1 aliphatic rings. The van der Waals surface area contributed by atoms with E-state index in [4.69, 9.17) is 9.88 Å². The summed E-state index contributed by atoms with van der Waals surface area (Å²) >= 11 is 0. The highest BCUT2D eigenvalue weighted by Crippen LogP contribution is 2.28. The highest BCUT2D eigenvalue weighted by Gasteiger charge is 2.36. The molecular formula is C17H18N2O4S. The van der Waals surface area contributed by atoms with E-state index < -0.39 is 15.3 Å². The first-order valence-corrected chi connectivity index (χ1v) is 9.14. The zero-order chi connectivity index (χ0) is 17.2. The number of nitrogens with zero attached hydrogens (tertiary/aromatic N) is 1. The molecule has 1 heterocycles. The summed E-state index contributed by atoms with van der Waals surface area (Å²) in [4.78, 5) is 13.6. The van der Waals surface area contributed by atoms with E-state index in [0.717, 1.165) is 5.56 Å². The van der Waals surface area contributed by atoms with Crippen molar-refractivity contribution in [3.8, 4) is 11.5 Å². The summed E-state index contributed by atoms with van der Waals surface area (Å²) in [5.41, 5.74) is 0.810. The number of carbonyl (C=O) groups excluding carboxylic acids is 1. The molecule has 0 radical (unpaired) electrons. The van der Waals surface area contributed by atoms with E-state index in [1.807, 2.05) is 54.6 Å². The molecule has 0 spiro atoms. The van der Waals surface area contributed by atoms with Crippen LogP contribution in [0, 0.1) is 0 Å². The zero-order valence-corrected chi connectivity index (χ0v) is 13.8. The zero-order valence-electron chi connectivity index (χ0n) is 13.0. The fourth-order valence-corrected chi connectivity index (χ4v) is 3.43. The minimum absolute atomic E-state index is 0.0689. The van der Waals surface area contributed by atoms with E-state index in [9.17, 15) is 13.2 Å². The number of primary sulfonamides is 1. The Morgan fingerprint density at radius 3 is 2.42 bits per heavy atom. The first-order valence-electron chi connectivity index (χ1n) is 7.53. The molecule has 1 unspecified atom stereocenters. The van der Waals surface area contributed by atoms with Crippen molar-refractivity contribution in [1.82, 2.24) is 4.90 Å². The van der Waals surface area contributed by atoms with Crippen molar-refractivity contribution in [2.24, 2.45) is 5.14 Å². The number of carbonyl (C=O) groups is 1. The van der Waals surface area contributed by atoms with Crippen molar-refractivity contribution in [3.63, 3.8) is 0 Å². The van der Waals surface area contributed by atoms with Gasteiger partial charge in [-0.2, -0.15) is 0 Å². The lowest BCUT2D eigenvalue weighted by atomic mass is 10.2. The van der Waals surface area contributed by atoms with Crippen molar-refractivity contribution in [1.29, 1.82) is 0 Å². The molecule has 2 aromatic carbocycles. The molecule has 2 N–H and O–H groups in total. The molecule has 0 saturated carbocycles. The Balaban J connectivity index is 1.78. The molecule has 7 heteroatoms. The number of amides is 1. The maximum Gasteiger partial charge on any atom is 0.224 e. The van der Waals surface area contributed by atoms with Gasteiger partial charge >= 0.3 is 0 Å². The first kappa shape index (κ1) is 16.5. The number of rotatable bonds is 5. The van der Waals surface area contributed by atoms with Crippen molar-refractivity contribution >= 4 is 15.9 Å². The van der Waals surface area contributed by atoms with Gasteiger partial charge in [-0.15, -0.1) is 0 Å². The number of nitrogens with two attached hydrogens (primary N) is 1. The molecule has 0 aromatic heterocycles. The van der Waals surface area contributed by atoms with E-state index in [1.165, 1.54) is 4.90 Å². The van der Waals surface area contributed by atoms with Gasteiger partial charge in [0.2, 0.25) is 15.9 Å². The molecular weight excluding hydrogens is 328 g/mol. The van der Waals surface area contributed by atoms with E-state index in [0.29, 0.717) is 11.5 Å². The molecule has 3 rings (SSSR count). The van der Waals surface area contributed by atoms with Gasteiger partial charge in [0.05, 0.1) is 0 Å². The van der Waals surface area contributed by atoms with Crippen molar-refractivity contribution in [2.45, 2.75) is 18.2 Å².